The summed E-state index contributed by atoms with van der Waals surface area (Å²) >= 11 is 0. The Morgan fingerprint density at radius 3 is 2.47 bits per heavy atom. The predicted molar refractivity (Wildman–Crippen MR) is 66.3 cm³/mol. The van der Waals surface area contributed by atoms with Crippen molar-refractivity contribution in [2.24, 2.45) is 0 Å². The SMILES string of the molecule is CC(C)(Oc1cccc2ccccc12)C(=O)O. The molecular weight excluding hydrogens is 216 g/mol. The Balaban J connectivity index is 2.46. The van der Waals surface area contributed by atoms with E-state index in [1.807, 2.05) is 36.4 Å². The number of hydrogen-bond donors (Lipinski definition) is 1. The van der Waals surface area contributed by atoms with E-state index in [9.17, 15) is 4.79 Å². The van der Waals surface area contributed by atoms with Crippen LogP contribution in [-0.4, -0.2) is 16.7 Å². The van der Waals surface area contributed by atoms with Crippen molar-refractivity contribution in [1.29, 1.82) is 0 Å². The third-order valence-electron chi connectivity index (χ3n) is 2.63. The fraction of sp³-hybridized carbons (Fsp3) is 0.214. The van der Waals surface area contributed by atoms with Crippen molar-refractivity contribution in [2.75, 3.05) is 0 Å². The molecule has 0 aliphatic heterocycles. The third-order valence-corrected chi connectivity index (χ3v) is 2.63. The topological polar surface area (TPSA) is 46.5 Å². The molecule has 0 bridgehead atoms. The van der Waals surface area contributed by atoms with Crippen LogP contribution in [0.3, 0.4) is 0 Å². The minimum absolute atomic E-state index is 0.593. The number of carboxylic acids is 1. The Hall–Kier alpha value is -2.03. The fourth-order valence-electron chi connectivity index (χ4n) is 1.60. The predicted octanol–water partition coefficient (Wildman–Crippen LogP) is 3.08. The monoisotopic (exact) mass is 230 g/mol. The average Bonchev–Trinajstić information content (AvgIpc) is 2.29. The molecule has 0 aromatic heterocycles. The molecule has 1 N–H and O–H groups in total. The van der Waals surface area contributed by atoms with Gasteiger partial charge in [-0.05, 0) is 25.3 Å². The van der Waals surface area contributed by atoms with Crippen molar-refractivity contribution in [3.63, 3.8) is 0 Å². The molecule has 0 fully saturated rings. The zero-order chi connectivity index (χ0) is 12.5. The van der Waals surface area contributed by atoms with Crippen LogP contribution in [-0.2, 0) is 4.79 Å². The Labute approximate surface area is 99.6 Å². The van der Waals surface area contributed by atoms with Gasteiger partial charge in [-0.3, -0.25) is 0 Å². The summed E-state index contributed by atoms with van der Waals surface area (Å²) in [6.07, 6.45) is 0. The van der Waals surface area contributed by atoms with E-state index in [1.54, 1.807) is 6.07 Å². The van der Waals surface area contributed by atoms with Crippen LogP contribution >= 0.6 is 0 Å². The van der Waals surface area contributed by atoms with Gasteiger partial charge in [-0.25, -0.2) is 4.79 Å². The number of hydrogen-bond acceptors (Lipinski definition) is 2. The molecule has 0 aliphatic rings. The van der Waals surface area contributed by atoms with E-state index < -0.39 is 11.6 Å². The summed E-state index contributed by atoms with van der Waals surface area (Å²) in [4.78, 5) is 11.0. The standard InChI is InChI=1S/C14H14O3/c1-14(2,13(15)16)17-12-9-5-7-10-6-3-4-8-11(10)12/h3-9H,1-2H3,(H,15,16). The van der Waals surface area contributed by atoms with Gasteiger partial charge in [0, 0.05) is 5.39 Å². The first-order chi connectivity index (χ1) is 8.00. The van der Waals surface area contributed by atoms with Gasteiger partial charge >= 0.3 is 5.97 Å². The molecule has 0 atom stereocenters. The lowest BCUT2D eigenvalue weighted by Crippen LogP contribution is -2.37. The molecule has 3 heteroatoms. The maximum absolute atomic E-state index is 11.0. The van der Waals surface area contributed by atoms with Crippen LogP contribution in [0, 0.1) is 0 Å². The Kier molecular flexibility index (Phi) is 2.76. The number of rotatable bonds is 3. The molecular formula is C14H14O3. The van der Waals surface area contributed by atoms with Crippen molar-refractivity contribution < 1.29 is 14.6 Å². The highest BCUT2D eigenvalue weighted by atomic mass is 16.5. The summed E-state index contributed by atoms with van der Waals surface area (Å²) in [5, 5.41) is 11.0. The van der Waals surface area contributed by atoms with E-state index in [4.69, 9.17) is 9.84 Å². The maximum atomic E-state index is 11.0. The quantitative estimate of drug-likeness (QED) is 0.881. The minimum Gasteiger partial charge on any atom is -0.478 e. The molecule has 0 saturated heterocycles. The number of ether oxygens (including phenoxy) is 1. The van der Waals surface area contributed by atoms with Gasteiger partial charge in [0.05, 0.1) is 0 Å². The van der Waals surface area contributed by atoms with Crippen LogP contribution in [0.15, 0.2) is 42.5 Å². The summed E-state index contributed by atoms with van der Waals surface area (Å²) in [6, 6.07) is 13.3. The van der Waals surface area contributed by atoms with Crippen molar-refractivity contribution in [3.8, 4) is 5.75 Å². The normalized spacial score (nSPS) is 11.4. The minimum atomic E-state index is -1.23. The molecule has 2 rings (SSSR count). The van der Waals surface area contributed by atoms with Crippen molar-refractivity contribution in [2.45, 2.75) is 19.4 Å². The Bertz CT molecular complexity index is 553. The molecule has 0 aliphatic carbocycles. The average molecular weight is 230 g/mol. The van der Waals surface area contributed by atoms with Crippen molar-refractivity contribution in [1.82, 2.24) is 0 Å². The van der Waals surface area contributed by atoms with Crippen molar-refractivity contribution >= 4 is 16.7 Å². The molecule has 88 valence electrons. The van der Waals surface area contributed by atoms with Gasteiger partial charge in [-0.2, -0.15) is 0 Å². The van der Waals surface area contributed by atoms with E-state index in [1.165, 1.54) is 13.8 Å². The van der Waals surface area contributed by atoms with E-state index >= 15 is 0 Å². The van der Waals surface area contributed by atoms with Gasteiger partial charge < -0.3 is 9.84 Å². The van der Waals surface area contributed by atoms with Crippen LogP contribution < -0.4 is 4.74 Å². The lowest BCUT2D eigenvalue weighted by molar-refractivity contribution is -0.152. The van der Waals surface area contributed by atoms with Gasteiger partial charge in [-0.15, -0.1) is 0 Å². The molecule has 2 aromatic carbocycles. The molecule has 2 aromatic rings. The third kappa shape index (κ3) is 2.23. The second kappa shape index (κ2) is 4.09. The lowest BCUT2D eigenvalue weighted by Gasteiger charge is -2.22. The van der Waals surface area contributed by atoms with E-state index in [0.717, 1.165) is 10.8 Å². The molecule has 0 spiro atoms. The van der Waals surface area contributed by atoms with Crippen LogP contribution in [0.2, 0.25) is 0 Å². The highest BCUT2D eigenvalue weighted by Crippen LogP contribution is 2.28. The highest BCUT2D eigenvalue weighted by molar-refractivity contribution is 5.88. The summed E-state index contributed by atoms with van der Waals surface area (Å²) in [5.41, 5.74) is -1.23. The summed E-state index contributed by atoms with van der Waals surface area (Å²) in [6.45, 7) is 3.08. The fourth-order valence-corrected chi connectivity index (χ4v) is 1.60. The number of carbonyl (C=O) groups is 1. The zero-order valence-corrected chi connectivity index (χ0v) is 9.81. The van der Waals surface area contributed by atoms with Crippen LogP contribution in [0.25, 0.3) is 10.8 Å². The Morgan fingerprint density at radius 1 is 1.12 bits per heavy atom. The zero-order valence-electron chi connectivity index (χ0n) is 9.81. The highest BCUT2D eigenvalue weighted by Gasteiger charge is 2.29. The largest absolute Gasteiger partial charge is 0.478 e. The van der Waals surface area contributed by atoms with Crippen molar-refractivity contribution in [3.05, 3.63) is 42.5 Å². The van der Waals surface area contributed by atoms with Gasteiger partial charge in [0.15, 0.2) is 5.60 Å². The first-order valence-corrected chi connectivity index (χ1v) is 5.41. The maximum Gasteiger partial charge on any atom is 0.347 e. The molecule has 0 unspecified atom stereocenters. The van der Waals surface area contributed by atoms with Crippen LogP contribution in [0.1, 0.15) is 13.8 Å². The summed E-state index contributed by atoms with van der Waals surface area (Å²) in [7, 11) is 0. The Morgan fingerprint density at radius 2 is 1.76 bits per heavy atom. The molecule has 0 saturated carbocycles. The molecule has 17 heavy (non-hydrogen) atoms. The number of fused-ring (bicyclic) bond motifs is 1. The second-order valence-corrected chi connectivity index (χ2v) is 4.39. The molecule has 0 amide bonds. The molecule has 0 heterocycles. The first kappa shape index (κ1) is 11.5. The molecule has 0 radical (unpaired) electrons. The van der Waals surface area contributed by atoms with Gasteiger partial charge in [0.25, 0.3) is 0 Å². The second-order valence-electron chi connectivity index (χ2n) is 4.39. The van der Waals surface area contributed by atoms with Crippen LogP contribution in [0.5, 0.6) is 5.75 Å². The van der Waals surface area contributed by atoms with Gasteiger partial charge in [0.2, 0.25) is 0 Å². The number of benzene rings is 2. The molecule has 3 nitrogen and oxygen atoms in total. The first-order valence-electron chi connectivity index (χ1n) is 5.41. The van der Waals surface area contributed by atoms with E-state index in [-0.39, 0.29) is 0 Å². The lowest BCUT2D eigenvalue weighted by atomic mass is 10.1. The van der Waals surface area contributed by atoms with Gasteiger partial charge in [-0.1, -0.05) is 36.4 Å². The smallest absolute Gasteiger partial charge is 0.347 e. The number of carboxylic acid groups (broad SMARTS) is 1. The van der Waals surface area contributed by atoms with E-state index in [0.29, 0.717) is 5.75 Å². The number of aliphatic carboxylic acids is 1. The van der Waals surface area contributed by atoms with E-state index in [2.05, 4.69) is 0 Å². The van der Waals surface area contributed by atoms with Gasteiger partial charge in [0.1, 0.15) is 5.75 Å². The van der Waals surface area contributed by atoms with Crippen LogP contribution in [0.4, 0.5) is 0 Å². The summed E-state index contributed by atoms with van der Waals surface area (Å²) in [5.74, 6) is -0.388. The summed E-state index contributed by atoms with van der Waals surface area (Å²) < 4.78 is 5.58.